The van der Waals surface area contributed by atoms with Crippen LogP contribution in [0.4, 0.5) is 0 Å². The summed E-state index contributed by atoms with van der Waals surface area (Å²) in [5.74, 6) is 0.419. The fourth-order valence-electron chi connectivity index (χ4n) is 2.48. The molecule has 0 bridgehead atoms. The first-order valence-corrected chi connectivity index (χ1v) is 10.1. The Kier molecular flexibility index (Phi) is 6.36. The molecular weight excluding hydrogens is 382 g/mol. The van der Waals surface area contributed by atoms with Crippen molar-refractivity contribution in [1.82, 2.24) is 4.98 Å². The molecule has 0 saturated carbocycles. The van der Waals surface area contributed by atoms with Gasteiger partial charge in [-0.05, 0) is 42.8 Å². The van der Waals surface area contributed by atoms with E-state index in [4.69, 9.17) is 14.6 Å². The van der Waals surface area contributed by atoms with Gasteiger partial charge in [0.25, 0.3) is 0 Å². The van der Waals surface area contributed by atoms with Crippen LogP contribution in [0.15, 0.2) is 42.5 Å². The highest BCUT2D eigenvalue weighted by Crippen LogP contribution is 2.36. The Morgan fingerprint density at radius 3 is 2.78 bits per heavy atom. The molecule has 1 N–H and O–H groups in total. The summed E-state index contributed by atoms with van der Waals surface area (Å²) in [5.41, 5.74) is 1.80. The number of hydrogen-bond acceptors (Lipinski definition) is 6. The fourth-order valence-corrected chi connectivity index (χ4v) is 4.33. The Labute approximate surface area is 165 Å². The molecule has 0 aliphatic heterocycles. The number of hydrogen-bond donors (Lipinski definition) is 1. The zero-order valence-electron chi connectivity index (χ0n) is 15.0. The molecule has 0 radical (unpaired) electrons. The lowest BCUT2D eigenvalue weighted by Gasteiger charge is -2.10. The number of carboxylic acid groups (broad SMARTS) is 1. The summed E-state index contributed by atoms with van der Waals surface area (Å²) in [6.45, 7) is 2.44. The Morgan fingerprint density at radius 1 is 1.26 bits per heavy atom. The number of thioether (sulfide) groups is 1. The average Bonchev–Trinajstić information content (AvgIpc) is 3.09. The van der Waals surface area contributed by atoms with Crippen LogP contribution < -0.4 is 9.47 Å². The Balaban J connectivity index is 2.01. The maximum absolute atomic E-state index is 11.1. The van der Waals surface area contributed by atoms with E-state index >= 15 is 0 Å². The van der Waals surface area contributed by atoms with Crippen LogP contribution in [0.25, 0.3) is 21.2 Å². The molecule has 5 nitrogen and oxygen atoms in total. The van der Waals surface area contributed by atoms with Crippen molar-refractivity contribution in [2.75, 3.05) is 19.5 Å². The number of fused-ring (bicyclic) bond motifs is 1. The van der Waals surface area contributed by atoms with E-state index in [1.54, 1.807) is 18.4 Å². The molecule has 140 valence electrons. The number of carbonyl (C=O) groups is 1. The molecule has 1 aromatic heterocycles. The van der Waals surface area contributed by atoms with Gasteiger partial charge in [-0.2, -0.15) is 0 Å². The van der Waals surface area contributed by atoms with Crippen molar-refractivity contribution in [2.24, 2.45) is 0 Å². The van der Waals surface area contributed by atoms with Crippen LogP contribution in [0.2, 0.25) is 0 Å². The molecule has 0 saturated heterocycles. The second-order valence-corrected chi connectivity index (χ2v) is 7.57. The van der Waals surface area contributed by atoms with E-state index < -0.39 is 5.97 Å². The summed E-state index contributed by atoms with van der Waals surface area (Å²) in [6.07, 6.45) is 1.94. The maximum atomic E-state index is 11.1. The summed E-state index contributed by atoms with van der Waals surface area (Å²) >= 11 is 2.81. The molecule has 0 fully saturated rings. The van der Waals surface area contributed by atoms with Gasteiger partial charge in [0, 0.05) is 4.91 Å². The molecule has 0 aliphatic rings. The summed E-state index contributed by atoms with van der Waals surface area (Å²) in [6, 6.07) is 13.5. The third kappa shape index (κ3) is 4.81. The van der Waals surface area contributed by atoms with Crippen molar-refractivity contribution in [3.63, 3.8) is 0 Å². The fraction of sp³-hybridized carbons (Fsp3) is 0.200. The van der Waals surface area contributed by atoms with Crippen LogP contribution in [-0.2, 0) is 4.79 Å². The standard InChI is InChI=1S/C20H19NO4S2/c1-3-25-16-10-13(8-9-15(16)24-2)11-18(26-12-19(22)23)20-21-14-6-4-5-7-17(14)27-20/h4-11H,3,12H2,1-2H3,(H,22,23)/b18-11-. The minimum atomic E-state index is -0.864. The molecule has 0 atom stereocenters. The molecule has 3 aromatic rings. The van der Waals surface area contributed by atoms with E-state index in [9.17, 15) is 4.79 Å². The second kappa shape index (κ2) is 8.92. The van der Waals surface area contributed by atoms with Gasteiger partial charge < -0.3 is 14.6 Å². The van der Waals surface area contributed by atoms with Crippen molar-refractivity contribution in [3.05, 3.63) is 53.0 Å². The van der Waals surface area contributed by atoms with Crippen molar-refractivity contribution < 1.29 is 19.4 Å². The van der Waals surface area contributed by atoms with Gasteiger partial charge in [-0.25, -0.2) is 4.98 Å². The largest absolute Gasteiger partial charge is 0.493 e. The van der Waals surface area contributed by atoms with Crippen LogP contribution in [0.1, 0.15) is 17.5 Å². The topological polar surface area (TPSA) is 68.7 Å². The number of para-hydroxylation sites is 1. The molecular formula is C20H19NO4S2. The van der Waals surface area contributed by atoms with Gasteiger partial charge in [-0.3, -0.25) is 4.79 Å². The van der Waals surface area contributed by atoms with Gasteiger partial charge in [0.1, 0.15) is 5.01 Å². The lowest BCUT2D eigenvalue weighted by Crippen LogP contribution is -1.98. The first kappa shape index (κ1) is 19.3. The van der Waals surface area contributed by atoms with E-state index in [2.05, 4.69) is 4.98 Å². The van der Waals surface area contributed by atoms with Gasteiger partial charge in [0.05, 0.1) is 29.7 Å². The molecule has 0 unspecified atom stereocenters. The van der Waals surface area contributed by atoms with Crippen molar-refractivity contribution in [2.45, 2.75) is 6.92 Å². The van der Waals surface area contributed by atoms with Gasteiger partial charge >= 0.3 is 5.97 Å². The monoisotopic (exact) mass is 401 g/mol. The number of rotatable bonds is 8. The van der Waals surface area contributed by atoms with Crippen LogP contribution in [0.5, 0.6) is 11.5 Å². The lowest BCUT2D eigenvalue weighted by molar-refractivity contribution is -0.133. The van der Waals surface area contributed by atoms with Crippen molar-refractivity contribution >= 4 is 50.3 Å². The first-order chi connectivity index (χ1) is 13.1. The number of thiazole rings is 1. The van der Waals surface area contributed by atoms with E-state index in [0.717, 1.165) is 25.7 Å². The lowest BCUT2D eigenvalue weighted by atomic mass is 10.2. The van der Waals surface area contributed by atoms with Crippen LogP contribution in [0, 0.1) is 0 Å². The Morgan fingerprint density at radius 2 is 2.07 bits per heavy atom. The molecule has 2 aromatic carbocycles. The number of methoxy groups -OCH3 is 1. The summed E-state index contributed by atoms with van der Waals surface area (Å²) in [5, 5.41) is 9.90. The zero-order chi connectivity index (χ0) is 19.2. The number of benzene rings is 2. The third-order valence-electron chi connectivity index (χ3n) is 3.64. The van der Waals surface area contributed by atoms with E-state index in [-0.39, 0.29) is 5.75 Å². The van der Waals surface area contributed by atoms with Crippen molar-refractivity contribution in [1.29, 1.82) is 0 Å². The number of aliphatic carboxylic acids is 1. The molecule has 1 heterocycles. The van der Waals surface area contributed by atoms with Gasteiger partial charge in [-0.1, -0.05) is 18.2 Å². The summed E-state index contributed by atoms with van der Waals surface area (Å²) < 4.78 is 12.0. The first-order valence-electron chi connectivity index (χ1n) is 8.33. The van der Waals surface area contributed by atoms with Crippen LogP contribution in [-0.4, -0.2) is 35.5 Å². The molecule has 7 heteroatoms. The van der Waals surface area contributed by atoms with Crippen LogP contribution >= 0.6 is 23.1 Å². The quantitative estimate of drug-likeness (QED) is 0.572. The van der Waals surface area contributed by atoms with Gasteiger partial charge in [0.15, 0.2) is 11.5 Å². The van der Waals surface area contributed by atoms with Crippen molar-refractivity contribution in [3.8, 4) is 11.5 Å². The minimum Gasteiger partial charge on any atom is -0.493 e. The summed E-state index contributed by atoms with van der Waals surface area (Å²) in [7, 11) is 1.60. The molecule has 3 rings (SSSR count). The normalized spacial score (nSPS) is 11.6. The third-order valence-corrected chi connectivity index (χ3v) is 5.85. The van der Waals surface area contributed by atoms with E-state index in [1.165, 1.54) is 11.8 Å². The van der Waals surface area contributed by atoms with E-state index in [1.807, 2.05) is 55.5 Å². The average molecular weight is 402 g/mol. The number of aromatic nitrogens is 1. The SMILES string of the molecule is CCOc1cc(/C=C(\SCC(=O)O)c2nc3ccccc3s2)ccc1OC. The maximum Gasteiger partial charge on any atom is 0.313 e. The van der Waals surface area contributed by atoms with Gasteiger partial charge in [-0.15, -0.1) is 23.1 Å². The molecule has 0 aliphatic carbocycles. The highest BCUT2D eigenvalue weighted by atomic mass is 32.2. The highest BCUT2D eigenvalue weighted by molar-refractivity contribution is 8.09. The minimum absolute atomic E-state index is 0.0315. The Hall–Kier alpha value is -2.51. The molecule has 27 heavy (non-hydrogen) atoms. The second-order valence-electron chi connectivity index (χ2n) is 5.52. The van der Waals surface area contributed by atoms with E-state index in [0.29, 0.717) is 18.1 Å². The zero-order valence-corrected chi connectivity index (χ0v) is 16.6. The van der Waals surface area contributed by atoms with Crippen LogP contribution in [0.3, 0.4) is 0 Å². The van der Waals surface area contributed by atoms with Gasteiger partial charge in [0.2, 0.25) is 0 Å². The molecule has 0 spiro atoms. The predicted octanol–water partition coefficient (Wildman–Crippen LogP) is 5.02. The molecule has 0 amide bonds. The predicted molar refractivity (Wildman–Crippen MR) is 112 cm³/mol. The number of carboxylic acids is 1. The summed E-state index contributed by atoms with van der Waals surface area (Å²) in [4.78, 5) is 16.6. The number of ether oxygens (including phenoxy) is 2. The highest BCUT2D eigenvalue weighted by Gasteiger charge is 2.13. The Bertz CT molecular complexity index is 948. The number of nitrogens with zero attached hydrogens (tertiary/aromatic N) is 1. The smallest absolute Gasteiger partial charge is 0.313 e.